The second-order valence-electron chi connectivity index (χ2n) is 12.6. The van der Waals surface area contributed by atoms with E-state index in [0.717, 1.165) is 0 Å². The largest absolute Gasteiger partial charge is 0.507 e. The molecule has 3 aromatic carbocycles. The number of phenols is 1. The van der Waals surface area contributed by atoms with Crippen molar-refractivity contribution < 1.29 is 57.5 Å². The van der Waals surface area contributed by atoms with Crippen LogP contribution in [0.3, 0.4) is 0 Å². The first-order chi connectivity index (χ1) is 25.9. The third-order valence-corrected chi connectivity index (χ3v) is 9.98. The van der Waals surface area contributed by atoms with Crippen LogP contribution in [0.5, 0.6) is 40.2 Å². The number of Topliss-reactive ketones (excluding diaryl/α,β-unsaturated/α-hetero) is 2. The SMILES string of the molecule is COc1cc(C(CC(=O)NCCc2nc(-c3ccc(OC)c(OC)c3)no2)C2=C(O)C3(Oc4c(Cl)c(OC)cc(OC)c4C3=O)C(C)CC2=O)ccc1O. The maximum atomic E-state index is 14.4. The molecule has 284 valence electrons. The second-order valence-corrected chi connectivity index (χ2v) is 13.0. The molecule has 16 heteroatoms. The molecular formula is C38H38ClN3O12. The Morgan fingerprint density at radius 2 is 1.65 bits per heavy atom. The first-order valence-corrected chi connectivity index (χ1v) is 17.1. The van der Waals surface area contributed by atoms with E-state index in [1.165, 1.54) is 59.8 Å². The quantitative estimate of drug-likeness (QED) is 0.156. The summed E-state index contributed by atoms with van der Waals surface area (Å²) in [5.74, 6) is -2.66. The highest BCUT2D eigenvalue weighted by molar-refractivity contribution is 6.35. The number of carbonyl (C=O) groups excluding carboxylic acids is 3. The number of hydrogen-bond donors (Lipinski definition) is 3. The number of rotatable bonds is 13. The van der Waals surface area contributed by atoms with Gasteiger partial charge in [0.15, 0.2) is 40.3 Å². The van der Waals surface area contributed by atoms with Gasteiger partial charge in [0.2, 0.25) is 29.0 Å². The fourth-order valence-corrected chi connectivity index (χ4v) is 7.12. The van der Waals surface area contributed by atoms with Crippen molar-refractivity contribution in [3.8, 4) is 51.6 Å². The van der Waals surface area contributed by atoms with Crippen LogP contribution in [0.2, 0.25) is 5.02 Å². The van der Waals surface area contributed by atoms with Crippen LogP contribution in [-0.4, -0.2) is 85.5 Å². The molecule has 15 nitrogen and oxygen atoms in total. The molecule has 0 bridgehead atoms. The van der Waals surface area contributed by atoms with Gasteiger partial charge in [-0.3, -0.25) is 14.4 Å². The molecule has 1 amide bonds. The van der Waals surface area contributed by atoms with Gasteiger partial charge in [0.1, 0.15) is 22.1 Å². The van der Waals surface area contributed by atoms with E-state index in [0.29, 0.717) is 28.5 Å². The first-order valence-electron chi connectivity index (χ1n) is 16.8. The Kier molecular flexibility index (Phi) is 10.6. The molecule has 0 radical (unpaired) electrons. The number of methoxy groups -OCH3 is 5. The van der Waals surface area contributed by atoms with Crippen LogP contribution in [0, 0.1) is 5.92 Å². The maximum Gasteiger partial charge on any atom is 0.231 e. The zero-order valence-corrected chi connectivity index (χ0v) is 31.0. The number of benzene rings is 3. The molecule has 0 saturated heterocycles. The summed E-state index contributed by atoms with van der Waals surface area (Å²) in [6, 6.07) is 10.9. The van der Waals surface area contributed by atoms with Crippen LogP contribution >= 0.6 is 11.6 Å². The standard InChI is InChI=1S/C38H38ClN3O12/c1-18-13-23(44)31(35(46)38(18)36(47)32-27(51-5)17-28(52-6)33(39)34(32)53-38)21(19-7-9-22(43)25(14-19)49-3)16-29(45)40-12-11-30-41-37(42-54-30)20-8-10-24(48-2)26(15-20)50-4/h7-10,14-15,17-18,21,43,46H,11-13,16H2,1-6H3,(H,40,45). The van der Waals surface area contributed by atoms with E-state index in [2.05, 4.69) is 15.5 Å². The number of aromatic hydroxyl groups is 1. The number of carbonyl (C=O) groups is 3. The first kappa shape index (κ1) is 37.8. The molecule has 3 atom stereocenters. The zero-order chi connectivity index (χ0) is 38.9. The average molecular weight is 764 g/mol. The van der Waals surface area contributed by atoms with E-state index in [9.17, 15) is 24.6 Å². The number of phenolic OH excluding ortho intramolecular Hbond substituents is 1. The number of nitrogens with one attached hydrogen (secondary N) is 1. The predicted molar refractivity (Wildman–Crippen MR) is 192 cm³/mol. The van der Waals surface area contributed by atoms with Gasteiger partial charge in [-0.1, -0.05) is 29.7 Å². The summed E-state index contributed by atoms with van der Waals surface area (Å²) in [5, 5.41) is 29.3. The van der Waals surface area contributed by atoms with Gasteiger partial charge in [0.05, 0.1) is 35.5 Å². The fourth-order valence-electron chi connectivity index (χ4n) is 6.85. The zero-order valence-electron chi connectivity index (χ0n) is 30.3. The number of ether oxygens (including phenoxy) is 6. The molecule has 3 N–H and O–H groups in total. The number of nitrogens with zero attached hydrogens (tertiary/aromatic N) is 2. The lowest BCUT2D eigenvalue weighted by Gasteiger charge is -2.38. The number of amides is 1. The normalized spacial score (nSPS) is 18.2. The lowest BCUT2D eigenvalue weighted by molar-refractivity contribution is -0.121. The number of fused-ring (bicyclic) bond motifs is 1. The van der Waals surface area contributed by atoms with E-state index < -0.39 is 40.7 Å². The van der Waals surface area contributed by atoms with E-state index in [4.69, 9.17) is 44.5 Å². The van der Waals surface area contributed by atoms with Crippen molar-refractivity contribution in [3.05, 3.63) is 75.8 Å². The minimum Gasteiger partial charge on any atom is -0.507 e. The van der Waals surface area contributed by atoms with Crippen molar-refractivity contribution >= 4 is 29.1 Å². The summed E-state index contributed by atoms with van der Waals surface area (Å²) in [7, 11) is 7.14. The number of allylic oxidation sites excluding steroid dienone is 1. The number of aliphatic hydroxyl groups excluding tert-OH is 1. The Hall–Kier alpha value is -5.96. The van der Waals surface area contributed by atoms with E-state index in [1.807, 2.05) is 0 Å². The summed E-state index contributed by atoms with van der Waals surface area (Å²) in [6.45, 7) is 1.68. The third-order valence-electron chi connectivity index (χ3n) is 9.63. The van der Waals surface area contributed by atoms with Crippen molar-refractivity contribution in [1.82, 2.24) is 15.5 Å². The fraction of sp³-hybridized carbons (Fsp3) is 0.342. The Morgan fingerprint density at radius 1 is 0.944 bits per heavy atom. The summed E-state index contributed by atoms with van der Waals surface area (Å²) in [4.78, 5) is 46.3. The molecular weight excluding hydrogens is 726 g/mol. The van der Waals surface area contributed by atoms with Gasteiger partial charge >= 0.3 is 0 Å². The summed E-state index contributed by atoms with van der Waals surface area (Å²) >= 11 is 6.60. The van der Waals surface area contributed by atoms with Crippen molar-refractivity contribution in [2.45, 2.75) is 37.7 Å². The molecule has 54 heavy (non-hydrogen) atoms. The maximum absolute atomic E-state index is 14.4. The Morgan fingerprint density at radius 3 is 2.33 bits per heavy atom. The molecule has 0 fully saturated rings. The van der Waals surface area contributed by atoms with Crippen molar-refractivity contribution in [1.29, 1.82) is 0 Å². The average Bonchev–Trinajstić information content (AvgIpc) is 3.77. The monoisotopic (exact) mass is 763 g/mol. The molecule has 1 aromatic heterocycles. The molecule has 2 aliphatic rings. The van der Waals surface area contributed by atoms with Crippen molar-refractivity contribution in [2.75, 3.05) is 42.1 Å². The number of aromatic nitrogens is 2. The minimum absolute atomic E-state index is 0.0201. The number of halogens is 1. The Labute approximate surface area is 314 Å². The van der Waals surface area contributed by atoms with Crippen LogP contribution in [-0.2, 0) is 16.0 Å². The number of aliphatic hydroxyl groups is 1. The molecule has 1 spiro atoms. The predicted octanol–water partition coefficient (Wildman–Crippen LogP) is 5.41. The van der Waals surface area contributed by atoms with Crippen LogP contribution in [0.15, 0.2) is 58.3 Å². The van der Waals surface area contributed by atoms with Gasteiger partial charge in [0, 0.05) is 54.8 Å². The summed E-state index contributed by atoms with van der Waals surface area (Å²) in [6.07, 6.45) is -0.406. The van der Waals surface area contributed by atoms with Gasteiger partial charge in [-0.05, 0) is 35.9 Å². The molecule has 1 aliphatic carbocycles. The molecule has 1 aliphatic heterocycles. The molecule has 0 saturated carbocycles. The van der Waals surface area contributed by atoms with Crippen molar-refractivity contribution in [2.24, 2.45) is 5.92 Å². The second kappa shape index (κ2) is 15.2. The highest BCUT2D eigenvalue weighted by Gasteiger charge is 2.61. The smallest absolute Gasteiger partial charge is 0.231 e. The lowest BCUT2D eigenvalue weighted by atomic mass is 9.69. The van der Waals surface area contributed by atoms with Gasteiger partial charge in [-0.15, -0.1) is 0 Å². The highest BCUT2D eigenvalue weighted by atomic mass is 35.5. The van der Waals surface area contributed by atoms with Crippen LogP contribution in [0.1, 0.15) is 47.5 Å². The van der Waals surface area contributed by atoms with Gasteiger partial charge < -0.3 is 48.5 Å². The van der Waals surface area contributed by atoms with Crippen LogP contribution < -0.4 is 33.7 Å². The third kappa shape index (κ3) is 6.48. The minimum atomic E-state index is -2.08. The topological polar surface area (TPSA) is 198 Å². The Bertz CT molecular complexity index is 2160. The lowest BCUT2D eigenvalue weighted by Crippen LogP contribution is -2.53. The summed E-state index contributed by atoms with van der Waals surface area (Å²) in [5.41, 5.74) is -1.34. The van der Waals surface area contributed by atoms with Gasteiger partial charge in [0.25, 0.3) is 0 Å². The van der Waals surface area contributed by atoms with E-state index in [-0.39, 0.29) is 76.6 Å². The molecule has 2 heterocycles. The summed E-state index contributed by atoms with van der Waals surface area (Å²) < 4.78 is 38.5. The van der Waals surface area contributed by atoms with Crippen LogP contribution in [0.25, 0.3) is 11.4 Å². The van der Waals surface area contributed by atoms with Gasteiger partial charge in [-0.2, -0.15) is 4.98 Å². The van der Waals surface area contributed by atoms with E-state index in [1.54, 1.807) is 25.1 Å². The Balaban J connectivity index is 1.30. The van der Waals surface area contributed by atoms with E-state index >= 15 is 0 Å². The molecule has 3 unspecified atom stereocenters. The number of hydrogen-bond acceptors (Lipinski definition) is 14. The highest BCUT2D eigenvalue weighted by Crippen LogP contribution is 2.56. The van der Waals surface area contributed by atoms with Crippen LogP contribution in [0.4, 0.5) is 0 Å². The molecule has 4 aromatic rings. The van der Waals surface area contributed by atoms with Gasteiger partial charge in [-0.25, -0.2) is 0 Å². The molecule has 6 rings (SSSR count). The van der Waals surface area contributed by atoms with Crippen molar-refractivity contribution in [3.63, 3.8) is 0 Å². The number of ketones is 2.